The first-order chi connectivity index (χ1) is 14.6. The van der Waals surface area contributed by atoms with Gasteiger partial charge in [-0.15, -0.1) is 0 Å². The van der Waals surface area contributed by atoms with Crippen LogP contribution in [-0.4, -0.2) is 51.3 Å². The molecule has 162 valence electrons. The highest BCUT2D eigenvalue weighted by Gasteiger charge is 2.23. The average Bonchev–Trinajstić information content (AvgIpc) is 3.15. The summed E-state index contributed by atoms with van der Waals surface area (Å²) in [6, 6.07) is 17.1. The minimum atomic E-state index is 0.144. The number of carbonyl (C=O) groups is 1. The number of hydrogen-bond acceptors (Lipinski definition) is 4. The lowest BCUT2D eigenvalue weighted by Crippen LogP contribution is -2.33. The van der Waals surface area contributed by atoms with Crippen molar-refractivity contribution in [2.75, 3.05) is 34.4 Å². The summed E-state index contributed by atoms with van der Waals surface area (Å²) >= 11 is 0. The second-order valence-electron chi connectivity index (χ2n) is 8.20. The quantitative estimate of drug-likeness (QED) is 0.573. The van der Waals surface area contributed by atoms with E-state index in [1.165, 1.54) is 16.7 Å². The van der Waals surface area contributed by atoms with Gasteiger partial charge >= 0.3 is 0 Å². The first-order valence-electron chi connectivity index (χ1n) is 10.8. The fourth-order valence-electron chi connectivity index (χ4n) is 4.05. The van der Waals surface area contributed by atoms with Crippen molar-refractivity contribution in [3.63, 3.8) is 0 Å². The minimum Gasteiger partial charge on any atom is -0.491 e. The summed E-state index contributed by atoms with van der Waals surface area (Å²) < 4.78 is 10.6. The highest BCUT2D eigenvalue weighted by atomic mass is 16.5. The van der Waals surface area contributed by atoms with Crippen LogP contribution in [0.5, 0.6) is 5.75 Å². The molecule has 2 aromatic rings. The molecule has 0 fully saturated rings. The Bertz CT molecular complexity index is 804. The van der Waals surface area contributed by atoms with Crippen molar-refractivity contribution in [1.82, 2.24) is 10.2 Å². The zero-order chi connectivity index (χ0) is 21.3. The fraction of sp³-hybridized carbons (Fsp3) is 0.480. The van der Waals surface area contributed by atoms with Crippen molar-refractivity contribution in [3.8, 4) is 5.75 Å². The molecular weight excluding hydrogens is 376 g/mol. The van der Waals surface area contributed by atoms with E-state index in [-0.39, 0.29) is 11.9 Å². The Labute approximate surface area is 180 Å². The Balaban J connectivity index is 1.48. The molecule has 0 spiro atoms. The molecule has 1 amide bonds. The lowest BCUT2D eigenvalue weighted by Gasteiger charge is -2.25. The normalized spacial score (nSPS) is 16.3. The van der Waals surface area contributed by atoms with Crippen LogP contribution in [-0.2, 0) is 22.4 Å². The molecule has 3 rings (SSSR count). The molecule has 5 heteroatoms. The SMILES string of the molecule is COCCOc1ccc(C[C@@H](CCC(=O)NC2CCc3ccccc32)N(C)C)cc1. The average molecular weight is 411 g/mol. The largest absolute Gasteiger partial charge is 0.491 e. The predicted molar refractivity (Wildman–Crippen MR) is 120 cm³/mol. The number of nitrogens with one attached hydrogen (secondary N) is 1. The standard InChI is InChI=1S/C25H34N2O3/c1-27(2)21(18-19-8-12-22(13-9-19)30-17-16-29-3)11-15-25(28)26-24-14-10-20-6-4-5-7-23(20)24/h4-9,12-13,21,24H,10-11,14-18H2,1-3H3,(H,26,28)/t21-,24?/m1/s1. The topological polar surface area (TPSA) is 50.8 Å². The van der Waals surface area contributed by atoms with Crippen LogP contribution in [0.1, 0.15) is 42.0 Å². The third-order valence-electron chi connectivity index (χ3n) is 5.85. The molecule has 0 radical (unpaired) electrons. The van der Waals surface area contributed by atoms with Gasteiger partial charge in [0, 0.05) is 19.6 Å². The third-order valence-corrected chi connectivity index (χ3v) is 5.85. The molecule has 30 heavy (non-hydrogen) atoms. The Morgan fingerprint density at radius 3 is 2.63 bits per heavy atom. The van der Waals surface area contributed by atoms with Crippen LogP contribution in [0.15, 0.2) is 48.5 Å². The highest BCUT2D eigenvalue weighted by Crippen LogP contribution is 2.30. The van der Waals surface area contributed by atoms with Gasteiger partial charge in [-0.2, -0.15) is 0 Å². The van der Waals surface area contributed by atoms with Gasteiger partial charge in [0.1, 0.15) is 12.4 Å². The van der Waals surface area contributed by atoms with Gasteiger partial charge in [-0.05, 0) is 68.6 Å². The summed E-state index contributed by atoms with van der Waals surface area (Å²) in [5.74, 6) is 0.999. The monoisotopic (exact) mass is 410 g/mol. The highest BCUT2D eigenvalue weighted by molar-refractivity contribution is 5.76. The summed E-state index contributed by atoms with van der Waals surface area (Å²) in [5.41, 5.74) is 3.89. The Kier molecular flexibility index (Phi) is 8.29. The lowest BCUT2D eigenvalue weighted by molar-refractivity contribution is -0.122. The van der Waals surface area contributed by atoms with E-state index in [1.807, 2.05) is 12.1 Å². The maximum Gasteiger partial charge on any atom is 0.220 e. The number of carbonyl (C=O) groups excluding carboxylic acids is 1. The van der Waals surface area contributed by atoms with Crippen LogP contribution in [0.3, 0.4) is 0 Å². The van der Waals surface area contributed by atoms with E-state index < -0.39 is 0 Å². The van der Waals surface area contributed by atoms with Crippen molar-refractivity contribution in [2.45, 2.75) is 44.2 Å². The number of benzene rings is 2. The molecular formula is C25H34N2O3. The lowest BCUT2D eigenvalue weighted by atomic mass is 10.0. The smallest absolute Gasteiger partial charge is 0.220 e. The van der Waals surface area contributed by atoms with Crippen LogP contribution in [0.4, 0.5) is 0 Å². The summed E-state index contributed by atoms with van der Waals surface area (Å²) in [5, 5.41) is 3.24. The van der Waals surface area contributed by atoms with Crippen molar-refractivity contribution in [2.24, 2.45) is 0 Å². The molecule has 0 bridgehead atoms. The number of amides is 1. The van der Waals surface area contributed by atoms with Gasteiger partial charge in [-0.3, -0.25) is 4.79 Å². The van der Waals surface area contributed by atoms with Crippen LogP contribution < -0.4 is 10.1 Å². The number of nitrogens with zero attached hydrogens (tertiary/aromatic N) is 1. The molecule has 1 N–H and O–H groups in total. The first-order valence-corrected chi connectivity index (χ1v) is 10.8. The molecule has 5 nitrogen and oxygen atoms in total. The van der Waals surface area contributed by atoms with E-state index in [2.05, 4.69) is 60.7 Å². The fourth-order valence-corrected chi connectivity index (χ4v) is 4.05. The second-order valence-corrected chi connectivity index (χ2v) is 8.20. The molecule has 0 saturated carbocycles. The predicted octanol–water partition coefficient (Wildman–Crippen LogP) is 3.77. The van der Waals surface area contributed by atoms with Crippen LogP contribution in [0.2, 0.25) is 0 Å². The third kappa shape index (κ3) is 6.31. The van der Waals surface area contributed by atoms with Crippen LogP contribution >= 0.6 is 0 Å². The minimum absolute atomic E-state index is 0.144. The van der Waals surface area contributed by atoms with Crippen molar-refractivity contribution in [1.29, 1.82) is 0 Å². The zero-order valence-corrected chi connectivity index (χ0v) is 18.4. The van der Waals surface area contributed by atoms with Crippen LogP contribution in [0, 0.1) is 0 Å². The second kappa shape index (κ2) is 11.1. The van der Waals surface area contributed by atoms with Crippen LogP contribution in [0.25, 0.3) is 0 Å². The van der Waals surface area contributed by atoms with Gasteiger partial charge in [0.15, 0.2) is 0 Å². The first kappa shape index (κ1) is 22.3. The van der Waals surface area contributed by atoms with Gasteiger partial charge in [-0.25, -0.2) is 0 Å². The molecule has 2 aromatic carbocycles. The number of methoxy groups -OCH3 is 1. The van der Waals surface area contributed by atoms with Crippen molar-refractivity contribution < 1.29 is 14.3 Å². The van der Waals surface area contributed by atoms with E-state index in [1.54, 1.807) is 7.11 Å². The molecule has 0 aromatic heterocycles. The molecule has 0 heterocycles. The van der Waals surface area contributed by atoms with Gasteiger partial charge in [-0.1, -0.05) is 36.4 Å². The summed E-state index contributed by atoms with van der Waals surface area (Å²) in [4.78, 5) is 14.8. The van der Waals surface area contributed by atoms with Gasteiger partial charge < -0.3 is 19.7 Å². The maximum atomic E-state index is 12.6. The van der Waals surface area contributed by atoms with Crippen molar-refractivity contribution in [3.05, 3.63) is 65.2 Å². The van der Waals surface area contributed by atoms with E-state index >= 15 is 0 Å². The van der Waals surface area contributed by atoms with E-state index in [9.17, 15) is 4.79 Å². The molecule has 0 saturated heterocycles. The van der Waals surface area contributed by atoms with E-state index in [0.717, 1.165) is 31.4 Å². The maximum absolute atomic E-state index is 12.6. The van der Waals surface area contributed by atoms with Gasteiger partial charge in [0.05, 0.1) is 12.6 Å². The Morgan fingerprint density at radius 1 is 1.13 bits per heavy atom. The van der Waals surface area contributed by atoms with Gasteiger partial charge in [0.25, 0.3) is 0 Å². The Morgan fingerprint density at radius 2 is 1.90 bits per heavy atom. The number of ether oxygens (including phenoxy) is 2. The number of likely N-dealkylation sites (N-methyl/N-ethyl adjacent to an activating group) is 1. The van der Waals surface area contributed by atoms with Gasteiger partial charge in [0.2, 0.25) is 5.91 Å². The number of hydrogen-bond donors (Lipinski definition) is 1. The number of fused-ring (bicyclic) bond motifs is 1. The molecule has 2 atom stereocenters. The Hall–Kier alpha value is -2.37. The zero-order valence-electron chi connectivity index (χ0n) is 18.4. The van der Waals surface area contributed by atoms with Crippen molar-refractivity contribution >= 4 is 5.91 Å². The summed E-state index contributed by atoms with van der Waals surface area (Å²) in [6.07, 6.45) is 4.33. The van der Waals surface area contributed by atoms with E-state index in [4.69, 9.17) is 9.47 Å². The molecule has 1 unspecified atom stereocenters. The molecule has 1 aliphatic rings. The number of rotatable bonds is 11. The summed E-state index contributed by atoms with van der Waals surface area (Å²) in [7, 11) is 5.83. The molecule has 0 aliphatic heterocycles. The summed E-state index contributed by atoms with van der Waals surface area (Å²) in [6.45, 7) is 1.13. The molecule has 1 aliphatic carbocycles. The number of aryl methyl sites for hydroxylation is 1. The van der Waals surface area contributed by atoms with E-state index in [0.29, 0.717) is 25.7 Å².